The fourth-order valence-electron chi connectivity index (χ4n) is 3.19. The maximum Gasteiger partial charge on any atom is 0.246 e. The summed E-state index contributed by atoms with van der Waals surface area (Å²) in [6.07, 6.45) is 7.23. The number of hydrogen-bond donors (Lipinski definition) is 1. The number of hydrogen-bond acceptors (Lipinski definition) is 3. The van der Waals surface area contributed by atoms with Crippen LogP contribution in [0.4, 0.5) is 5.82 Å². The Hall–Kier alpha value is -2.88. The zero-order valence-corrected chi connectivity index (χ0v) is 14.9. The summed E-state index contributed by atoms with van der Waals surface area (Å²) < 4.78 is 0. The summed E-state index contributed by atoms with van der Waals surface area (Å²) in [7, 11) is 1.82. The molecule has 4 heteroatoms. The molecule has 0 saturated carbocycles. The first-order valence-electron chi connectivity index (χ1n) is 8.33. The van der Waals surface area contributed by atoms with E-state index in [2.05, 4.69) is 43.1 Å². The van der Waals surface area contributed by atoms with E-state index in [4.69, 9.17) is 5.73 Å². The van der Waals surface area contributed by atoms with Crippen molar-refractivity contribution in [3.05, 3.63) is 71.4 Å². The zero-order chi connectivity index (χ0) is 18.0. The molecular formula is C21H23N3O. The topological polar surface area (TPSA) is 59.2 Å². The van der Waals surface area contributed by atoms with Gasteiger partial charge in [0.05, 0.1) is 0 Å². The van der Waals surface area contributed by atoms with Crippen molar-refractivity contribution in [1.82, 2.24) is 9.88 Å². The summed E-state index contributed by atoms with van der Waals surface area (Å²) in [5, 5.41) is 0. The van der Waals surface area contributed by atoms with Crippen LogP contribution in [-0.4, -0.2) is 29.4 Å². The smallest absolute Gasteiger partial charge is 0.246 e. The molecule has 3 rings (SSSR count). The highest BCUT2D eigenvalue weighted by molar-refractivity contribution is 5.93. The average molecular weight is 333 g/mol. The first kappa shape index (κ1) is 17.0. The van der Waals surface area contributed by atoms with Gasteiger partial charge in [0.25, 0.3) is 0 Å². The van der Waals surface area contributed by atoms with Crippen molar-refractivity contribution in [1.29, 1.82) is 0 Å². The van der Waals surface area contributed by atoms with Crippen molar-refractivity contribution < 1.29 is 4.79 Å². The number of likely N-dealkylation sites (N-methyl/N-ethyl adjacent to an activating group) is 1. The molecule has 1 aromatic heterocycles. The number of anilines is 1. The van der Waals surface area contributed by atoms with Crippen LogP contribution in [0, 0.1) is 0 Å². The quantitative estimate of drug-likeness (QED) is 0.871. The Morgan fingerprint density at radius 3 is 2.72 bits per heavy atom. The Morgan fingerprint density at radius 1 is 1.24 bits per heavy atom. The fraction of sp³-hybridized carbons (Fsp3) is 0.238. The number of nitrogen functional groups attached to an aromatic ring is 1. The number of rotatable bonds is 4. The summed E-state index contributed by atoms with van der Waals surface area (Å²) in [6, 6.07) is 12.0. The minimum atomic E-state index is -0.0417. The Labute approximate surface area is 148 Å². The number of benzene rings is 1. The van der Waals surface area contributed by atoms with Crippen LogP contribution in [0.5, 0.6) is 0 Å². The highest BCUT2D eigenvalue weighted by Gasteiger charge is 2.29. The highest BCUT2D eigenvalue weighted by atomic mass is 16.2. The van der Waals surface area contributed by atoms with E-state index >= 15 is 0 Å². The van der Waals surface area contributed by atoms with Gasteiger partial charge in [-0.05, 0) is 40.5 Å². The van der Waals surface area contributed by atoms with Crippen LogP contribution in [0.3, 0.4) is 0 Å². The molecule has 0 atom stereocenters. The molecule has 2 aromatic rings. The first-order chi connectivity index (χ1) is 11.9. The lowest BCUT2D eigenvalue weighted by Crippen LogP contribution is -2.26. The third-order valence-electron chi connectivity index (χ3n) is 4.51. The van der Waals surface area contributed by atoms with Crippen LogP contribution >= 0.6 is 0 Å². The third-order valence-corrected chi connectivity index (χ3v) is 4.51. The second-order valence-corrected chi connectivity index (χ2v) is 6.98. The molecule has 1 heterocycles. The Morgan fingerprint density at radius 2 is 2.00 bits per heavy atom. The molecule has 1 amide bonds. The van der Waals surface area contributed by atoms with Gasteiger partial charge < -0.3 is 10.6 Å². The number of nitrogens with zero attached hydrogens (tertiary/aromatic N) is 2. The molecule has 0 bridgehead atoms. The van der Waals surface area contributed by atoms with Gasteiger partial charge in [-0.2, -0.15) is 0 Å². The van der Waals surface area contributed by atoms with E-state index in [1.807, 2.05) is 19.2 Å². The molecule has 0 fully saturated rings. The van der Waals surface area contributed by atoms with Crippen molar-refractivity contribution in [3.63, 3.8) is 0 Å². The normalized spacial score (nSPS) is 15.1. The molecule has 0 aliphatic heterocycles. The predicted molar refractivity (Wildman–Crippen MR) is 103 cm³/mol. The third kappa shape index (κ3) is 3.63. The monoisotopic (exact) mass is 333 g/mol. The number of nitrogens with two attached hydrogens (primary N) is 1. The standard InChI is InChI=1S/C21H23N3O/c1-21(2)12-16(17-6-4-5-7-18(17)21)14-24(3)20(25)11-9-15-8-10-19(22)23-13-15/h4-13H,14H2,1-3H3,(H2,22,23). The van der Waals surface area contributed by atoms with Gasteiger partial charge >= 0.3 is 0 Å². The Bertz CT molecular complexity index is 848. The molecule has 1 aliphatic rings. The molecule has 0 unspecified atom stereocenters. The number of allylic oxidation sites excluding steroid dienone is 1. The minimum absolute atomic E-state index is 0.00128. The van der Waals surface area contributed by atoms with Crippen molar-refractivity contribution >= 4 is 23.4 Å². The SMILES string of the molecule is CN(CC1=CC(C)(C)c2ccccc21)C(=O)C=Cc1ccc(N)nc1. The number of aromatic nitrogens is 1. The lowest BCUT2D eigenvalue weighted by molar-refractivity contribution is -0.124. The van der Waals surface area contributed by atoms with Crippen LogP contribution in [0.15, 0.2) is 54.7 Å². The second-order valence-electron chi connectivity index (χ2n) is 6.98. The van der Waals surface area contributed by atoms with Gasteiger partial charge in [0.1, 0.15) is 5.82 Å². The van der Waals surface area contributed by atoms with Crippen molar-refractivity contribution in [3.8, 4) is 0 Å². The van der Waals surface area contributed by atoms with Crippen molar-refractivity contribution in [2.75, 3.05) is 19.3 Å². The predicted octanol–water partition coefficient (Wildman–Crippen LogP) is 3.51. The van der Waals surface area contributed by atoms with Crippen LogP contribution in [0.25, 0.3) is 11.6 Å². The highest BCUT2D eigenvalue weighted by Crippen LogP contribution is 2.40. The summed E-state index contributed by atoms with van der Waals surface area (Å²) in [6.45, 7) is 4.99. The van der Waals surface area contributed by atoms with Crippen molar-refractivity contribution in [2.45, 2.75) is 19.3 Å². The molecule has 1 aliphatic carbocycles. The molecule has 0 saturated heterocycles. The van der Waals surface area contributed by atoms with Gasteiger partial charge in [0.15, 0.2) is 0 Å². The van der Waals surface area contributed by atoms with E-state index in [-0.39, 0.29) is 11.3 Å². The van der Waals surface area contributed by atoms with Crippen LogP contribution in [0.1, 0.15) is 30.5 Å². The fourth-order valence-corrected chi connectivity index (χ4v) is 3.19. The van der Waals surface area contributed by atoms with Crippen LogP contribution in [0.2, 0.25) is 0 Å². The number of pyridine rings is 1. The van der Waals surface area contributed by atoms with Gasteiger partial charge in [-0.25, -0.2) is 4.98 Å². The van der Waals surface area contributed by atoms with Gasteiger partial charge in [0.2, 0.25) is 5.91 Å². The number of carbonyl (C=O) groups excluding carboxylic acids is 1. The molecule has 2 N–H and O–H groups in total. The molecule has 0 spiro atoms. The average Bonchev–Trinajstić information content (AvgIpc) is 2.85. The summed E-state index contributed by atoms with van der Waals surface area (Å²) in [5.74, 6) is 0.426. The van der Waals surface area contributed by atoms with Gasteiger partial charge in [-0.1, -0.05) is 44.2 Å². The molecule has 1 aromatic carbocycles. The molecule has 128 valence electrons. The van der Waals surface area contributed by atoms with E-state index < -0.39 is 0 Å². The number of fused-ring (bicyclic) bond motifs is 1. The van der Waals surface area contributed by atoms with Gasteiger partial charge in [-0.15, -0.1) is 0 Å². The zero-order valence-electron chi connectivity index (χ0n) is 14.9. The second kappa shape index (κ2) is 6.55. The summed E-state index contributed by atoms with van der Waals surface area (Å²) in [5.41, 5.74) is 10.2. The Kier molecular flexibility index (Phi) is 4.45. The lowest BCUT2D eigenvalue weighted by Gasteiger charge is -2.17. The molecule has 4 nitrogen and oxygen atoms in total. The van der Waals surface area contributed by atoms with E-state index in [9.17, 15) is 4.79 Å². The van der Waals surface area contributed by atoms with Crippen molar-refractivity contribution in [2.24, 2.45) is 0 Å². The van der Waals surface area contributed by atoms with Gasteiger partial charge in [0, 0.05) is 31.3 Å². The number of amides is 1. The van der Waals surface area contributed by atoms with Crippen LogP contribution < -0.4 is 5.73 Å². The van der Waals surface area contributed by atoms with E-state index in [1.165, 1.54) is 16.7 Å². The van der Waals surface area contributed by atoms with E-state index in [0.717, 1.165) is 5.56 Å². The lowest BCUT2D eigenvalue weighted by atomic mass is 9.87. The van der Waals surface area contributed by atoms with Crippen LogP contribution in [-0.2, 0) is 10.2 Å². The molecule has 25 heavy (non-hydrogen) atoms. The Balaban J connectivity index is 1.71. The number of carbonyl (C=O) groups is 1. The molecular weight excluding hydrogens is 310 g/mol. The molecule has 0 radical (unpaired) electrons. The maximum absolute atomic E-state index is 12.4. The first-order valence-corrected chi connectivity index (χ1v) is 8.33. The van der Waals surface area contributed by atoms with E-state index in [0.29, 0.717) is 12.4 Å². The summed E-state index contributed by atoms with van der Waals surface area (Å²) >= 11 is 0. The largest absolute Gasteiger partial charge is 0.384 e. The van der Waals surface area contributed by atoms with E-state index in [1.54, 1.807) is 29.3 Å². The summed E-state index contributed by atoms with van der Waals surface area (Å²) in [4.78, 5) is 18.2. The minimum Gasteiger partial charge on any atom is -0.384 e. The van der Waals surface area contributed by atoms with Gasteiger partial charge in [-0.3, -0.25) is 4.79 Å². The maximum atomic E-state index is 12.4.